The van der Waals surface area contributed by atoms with Crippen molar-refractivity contribution >= 4 is 11.9 Å². The molecule has 0 fully saturated rings. The first kappa shape index (κ1) is 19.0. The van der Waals surface area contributed by atoms with Gasteiger partial charge in [-0.2, -0.15) is 0 Å². The molecule has 0 aromatic heterocycles. The number of amides is 1. The number of aliphatic carboxylic acids is 1. The molecule has 5 nitrogen and oxygen atoms in total. The Balaban J connectivity index is 2.67. The Kier molecular flexibility index (Phi) is 7.09. The first-order valence-electron chi connectivity index (χ1n) is 7.44. The zero-order valence-corrected chi connectivity index (χ0v) is 13.5. The number of carbonyl (C=O) groups excluding carboxylic acids is 1. The summed E-state index contributed by atoms with van der Waals surface area (Å²) in [4.78, 5) is 24.5. The Morgan fingerprint density at radius 2 is 1.96 bits per heavy atom. The van der Waals surface area contributed by atoms with E-state index in [4.69, 9.17) is 5.11 Å². The lowest BCUT2D eigenvalue weighted by atomic mass is 10.1. The molecule has 128 valence electrons. The van der Waals surface area contributed by atoms with Crippen molar-refractivity contribution in [2.45, 2.75) is 38.8 Å². The minimum atomic E-state index is -1.00. The van der Waals surface area contributed by atoms with E-state index in [9.17, 15) is 18.4 Å². The van der Waals surface area contributed by atoms with Crippen molar-refractivity contribution < 1.29 is 23.5 Å². The molecule has 2 N–H and O–H groups in total. The smallest absolute Gasteiger partial charge is 0.320 e. The van der Waals surface area contributed by atoms with Gasteiger partial charge in [0.2, 0.25) is 5.91 Å². The van der Waals surface area contributed by atoms with Crippen molar-refractivity contribution in [1.82, 2.24) is 10.2 Å². The molecular formula is C16H22F2N2O3. The zero-order chi connectivity index (χ0) is 17.6. The maximum atomic E-state index is 13.3. The third-order valence-corrected chi connectivity index (χ3v) is 3.78. The van der Waals surface area contributed by atoms with Crippen molar-refractivity contribution in [3.63, 3.8) is 0 Å². The van der Waals surface area contributed by atoms with Gasteiger partial charge in [0.15, 0.2) is 11.6 Å². The van der Waals surface area contributed by atoms with Crippen LogP contribution in [0.5, 0.6) is 0 Å². The summed E-state index contributed by atoms with van der Waals surface area (Å²) in [6, 6.07) is 2.23. The van der Waals surface area contributed by atoms with Crippen LogP contribution in [0.4, 0.5) is 8.78 Å². The van der Waals surface area contributed by atoms with Gasteiger partial charge in [0.1, 0.15) is 6.04 Å². The molecule has 23 heavy (non-hydrogen) atoms. The number of hydrogen-bond acceptors (Lipinski definition) is 3. The first-order valence-corrected chi connectivity index (χ1v) is 7.44. The molecule has 0 radical (unpaired) electrons. The topological polar surface area (TPSA) is 69.6 Å². The van der Waals surface area contributed by atoms with E-state index in [0.29, 0.717) is 18.4 Å². The van der Waals surface area contributed by atoms with Crippen molar-refractivity contribution in [2.75, 3.05) is 13.6 Å². The first-order chi connectivity index (χ1) is 10.8. The summed E-state index contributed by atoms with van der Waals surface area (Å²) in [7, 11) is 1.53. The van der Waals surface area contributed by atoms with Crippen LogP contribution in [0.3, 0.4) is 0 Å². The molecule has 0 aliphatic heterocycles. The van der Waals surface area contributed by atoms with E-state index in [2.05, 4.69) is 5.32 Å². The molecule has 7 heteroatoms. The monoisotopic (exact) mass is 328 g/mol. The van der Waals surface area contributed by atoms with E-state index in [1.807, 2.05) is 6.92 Å². The van der Waals surface area contributed by atoms with Gasteiger partial charge in [0.25, 0.3) is 0 Å². The summed E-state index contributed by atoms with van der Waals surface area (Å²) in [6.45, 7) is 3.41. The summed E-state index contributed by atoms with van der Waals surface area (Å²) in [6.07, 6.45) is 1.10. The van der Waals surface area contributed by atoms with Crippen molar-refractivity contribution in [2.24, 2.45) is 0 Å². The summed E-state index contributed by atoms with van der Waals surface area (Å²) >= 11 is 0. The molecule has 0 aliphatic carbocycles. The van der Waals surface area contributed by atoms with Crippen molar-refractivity contribution in [3.05, 3.63) is 35.4 Å². The maximum absolute atomic E-state index is 13.3. The quantitative estimate of drug-likeness (QED) is 0.768. The van der Waals surface area contributed by atoms with Gasteiger partial charge in [-0.15, -0.1) is 0 Å². The van der Waals surface area contributed by atoms with E-state index in [0.717, 1.165) is 12.1 Å². The van der Waals surface area contributed by atoms with Crippen molar-refractivity contribution in [3.8, 4) is 0 Å². The number of carboxylic acid groups (broad SMARTS) is 1. The van der Waals surface area contributed by atoms with Crippen LogP contribution in [0.15, 0.2) is 18.2 Å². The Bertz CT molecular complexity index is 566. The van der Waals surface area contributed by atoms with Gasteiger partial charge in [-0.05, 0) is 31.0 Å². The van der Waals surface area contributed by atoms with Crippen LogP contribution in [-0.2, 0) is 9.59 Å². The van der Waals surface area contributed by atoms with Crippen LogP contribution >= 0.6 is 0 Å². The van der Waals surface area contributed by atoms with Crippen LogP contribution in [0.1, 0.15) is 38.3 Å². The number of rotatable bonds is 8. The summed E-state index contributed by atoms with van der Waals surface area (Å²) in [5.74, 6) is -3.25. The van der Waals surface area contributed by atoms with E-state index in [1.165, 1.54) is 18.0 Å². The van der Waals surface area contributed by atoms with Crippen LogP contribution in [0.25, 0.3) is 0 Å². The molecule has 2 unspecified atom stereocenters. The number of hydrogen-bond donors (Lipinski definition) is 2. The average Bonchev–Trinajstić information content (AvgIpc) is 2.51. The number of nitrogens with one attached hydrogen (secondary N) is 1. The summed E-state index contributed by atoms with van der Waals surface area (Å²) in [5, 5.41) is 11.7. The predicted octanol–water partition coefficient (Wildman–Crippen LogP) is 2.33. The number of carbonyl (C=O) groups is 2. The molecule has 1 aromatic rings. The van der Waals surface area contributed by atoms with E-state index in [-0.39, 0.29) is 12.5 Å². The van der Waals surface area contributed by atoms with E-state index >= 15 is 0 Å². The van der Waals surface area contributed by atoms with Gasteiger partial charge < -0.3 is 10.0 Å². The molecule has 1 amide bonds. The number of carboxylic acids is 1. The van der Waals surface area contributed by atoms with E-state index in [1.54, 1.807) is 6.92 Å². The normalized spacial score (nSPS) is 13.4. The number of nitrogens with zero attached hydrogens (tertiary/aromatic N) is 1. The fourth-order valence-corrected chi connectivity index (χ4v) is 2.15. The van der Waals surface area contributed by atoms with Gasteiger partial charge in [-0.3, -0.25) is 14.9 Å². The lowest BCUT2D eigenvalue weighted by Crippen LogP contribution is -2.44. The second-order valence-corrected chi connectivity index (χ2v) is 5.41. The predicted molar refractivity (Wildman–Crippen MR) is 81.9 cm³/mol. The fraction of sp³-hybridized carbons (Fsp3) is 0.500. The van der Waals surface area contributed by atoms with Crippen LogP contribution in [0.2, 0.25) is 0 Å². The van der Waals surface area contributed by atoms with Gasteiger partial charge in [0.05, 0.1) is 12.6 Å². The highest BCUT2D eigenvalue weighted by Gasteiger charge is 2.21. The Labute approximate surface area is 134 Å². The third-order valence-electron chi connectivity index (χ3n) is 3.78. The standard InChI is InChI=1S/C16H22F2N2O3/c1-4-5-14(16(22)23)19-9-15(21)20(3)10(2)11-6-7-12(17)13(18)8-11/h6-8,10,14,19H,4-5,9H2,1-3H3,(H,22,23). The lowest BCUT2D eigenvalue weighted by molar-refractivity contribution is -0.140. The van der Waals surface area contributed by atoms with Crippen LogP contribution in [-0.4, -0.2) is 41.5 Å². The molecule has 0 bridgehead atoms. The SMILES string of the molecule is CCCC(NCC(=O)N(C)C(C)c1ccc(F)c(F)c1)C(=O)O. The summed E-state index contributed by atoms with van der Waals surface area (Å²) in [5.41, 5.74) is 0.461. The highest BCUT2D eigenvalue weighted by atomic mass is 19.2. The molecule has 0 saturated carbocycles. The number of halogens is 2. The Morgan fingerprint density at radius 3 is 2.48 bits per heavy atom. The number of likely N-dealkylation sites (N-methyl/N-ethyl adjacent to an activating group) is 1. The fourth-order valence-electron chi connectivity index (χ4n) is 2.15. The van der Waals surface area contributed by atoms with E-state index < -0.39 is 29.7 Å². The van der Waals surface area contributed by atoms with Crippen LogP contribution < -0.4 is 5.32 Å². The highest BCUT2D eigenvalue weighted by Crippen LogP contribution is 2.20. The molecule has 1 rings (SSSR count). The van der Waals surface area contributed by atoms with Gasteiger partial charge in [0, 0.05) is 7.05 Å². The zero-order valence-electron chi connectivity index (χ0n) is 13.5. The Morgan fingerprint density at radius 1 is 1.30 bits per heavy atom. The Hall–Kier alpha value is -2.02. The second-order valence-electron chi connectivity index (χ2n) is 5.41. The lowest BCUT2D eigenvalue weighted by Gasteiger charge is -2.26. The van der Waals surface area contributed by atoms with Gasteiger partial charge in [-0.25, -0.2) is 8.78 Å². The largest absolute Gasteiger partial charge is 0.480 e. The third kappa shape index (κ3) is 5.28. The summed E-state index contributed by atoms with van der Waals surface area (Å²) < 4.78 is 26.2. The maximum Gasteiger partial charge on any atom is 0.320 e. The molecule has 0 spiro atoms. The van der Waals surface area contributed by atoms with Crippen LogP contribution in [0, 0.1) is 11.6 Å². The minimum Gasteiger partial charge on any atom is -0.480 e. The molecule has 0 heterocycles. The van der Waals surface area contributed by atoms with Gasteiger partial charge in [-0.1, -0.05) is 19.4 Å². The molecule has 2 atom stereocenters. The average molecular weight is 328 g/mol. The molecular weight excluding hydrogens is 306 g/mol. The highest BCUT2D eigenvalue weighted by molar-refractivity contribution is 5.80. The van der Waals surface area contributed by atoms with Gasteiger partial charge >= 0.3 is 5.97 Å². The second kappa shape index (κ2) is 8.57. The minimum absolute atomic E-state index is 0.137. The molecule has 0 aliphatic rings. The molecule has 0 saturated heterocycles. The van der Waals surface area contributed by atoms with Crippen molar-refractivity contribution in [1.29, 1.82) is 0 Å². The molecule has 1 aromatic carbocycles. The number of benzene rings is 1.